The third-order valence-electron chi connectivity index (χ3n) is 4.40. The van der Waals surface area contributed by atoms with Crippen molar-refractivity contribution >= 4 is 46.3 Å². The van der Waals surface area contributed by atoms with E-state index in [-0.39, 0.29) is 10.7 Å². The molecule has 0 bridgehead atoms. The van der Waals surface area contributed by atoms with Crippen LogP contribution in [0.15, 0.2) is 53.4 Å². The van der Waals surface area contributed by atoms with Crippen molar-refractivity contribution in [3.8, 4) is 11.5 Å². The minimum absolute atomic E-state index is 0.173. The molecule has 1 saturated heterocycles. The molecule has 0 saturated carbocycles. The Labute approximate surface area is 178 Å². The van der Waals surface area contributed by atoms with E-state index < -0.39 is 17.9 Å². The van der Waals surface area contributed by atoms with Crippen LogP contribution in [-0.2, 0) is 16.0 Å². The van der Waals surface area contributed by atoms with Crippen molar-refractivity contribution in [2.75, 3.05) is 14.2 Å². The zero-order valence-corrected chi connectivity index (χ0v) is 17.5. The summed E-state index contributed by atoms with van der Waals surface area (Å²) in [4.78, 5) is 26.4. The molecule has 6 nitrogen and oxygen atoms in total. The molecular weight excluding hydrogens is 410 g/mol. The molecule has 1 fully saturated rings. The fraction of sp³-hybridized carbons (Fsp3) is 0.190. The zero-order chi connectivity index (χ0) is 21.0. The van der Waals surface area contributed by atoms with Gasteiger partial charge in [-0.3, -0.25) is 9.69 Å². The van der Waals surface area contributed by atoms with Crippen molar-refractivity contribution in [1.82, 2.24) is 4.90 Å². The van der Waals surface area contributed by atoms with Gasteiger partial charge in [0.1, 0.15) is 10.4 Å². The SMILES string of the molecule is COc1ccc(/C=C2/SC(=S)N(C(Cc3ccccc3)C(=O)O)C2=O)cc1OC. The van der Waals surface area contributed by atoms with E-state index in [0.29, 0.717) is 16.4 Å². The Morgan fingerprint density at radius 3 is 2.48 bits per heavy atom. The van der Waals surface area contributed by atoms with Crippen molar-refractivity contribution < 1.29 is 24.2 Å². The van der Waals surface area contributed by atoms with Crippen molar-refractivity contribution in [2.45, 2.75) is 12.5 Å². The summed E-state index contributed by atoms with van der Waals surface area (Å²) in [6, 6.07) is 13.4. The number of amides is 1. The summed E-state index contributed by atoms with van der Waals surface area (Å²) in [6.07, 6.45) is 1.84. The first-order valence-corrected chi connectivity index (χ1v) is 9.93. The van der Waals surface area contributed by atoms with Gasteiger partial charge in [-0.2, -0.15) is 0 Å². The zero-order valence-electron chi connectivity index (χ0n) is 15.8. The number of carboxylic acids is 1. The molecule has 1 amide bonds. The Bertz CT molecular complexity index is 974. The number of hydrogen-bond acceptors (Lipinski definition) is 6. The highest BCUT2D eigenvalue weighted by Gasteiger charge is 2.40. The molecule has 150 valence electrons. The number of carbonyl (C=O) groups excluding carboxylic acids is 1. The van der Waals surface area contributed by atoms with Gasteiger partial charge in [-0.15, -0.1) is 0 Å². The van der Waals surface area contributed by atoms with Gasteiger partial charge in [0, 0.05) is 6.42 Å². The topological polar surface area (TPSA) is 76.1 Å². The molecule has 3 rings (SSSR count). The molecule has 0 radical (unpaired) electrons. The number of nitrogens with zero attached hydrogens (tertiary/aromatic N) is 1. The number of hydrogen-bond donors (Lipinski definition) is 1. The summed E-state index contributed by atoms with van der Waals surface area (Å²) in [5.41, 5.74) is 1.54. The predicted octanol–water partition coefficient (Wildman–Crippen LogP) is 3.60. The lowest BCUT2D eigenvalue weighted by Crippen LogP contribution is -2.45. The van der Waals surface area contributed by atoms with E-state index in [1.165, 1.54) is 12.0 Å². The maximum Gasteiger partial charge on any atom is 0.327 e. The molecule has 29 heavy (non-hydrogen) atoms. The Hall–Kier alpha value is -2.84. The van der Waals surface area contributed by atoms with E-state index in [1.54, 1.807) is 31.4 Å². The lowest BCUT2D eigenvalue weighted by molar-refractivity contribution is -0.145. The maximum atomic E-state index is 13.0. The Kier molecular flexibility index (Phi) is 6.56. The molecule has 1 heterocycles. The van der Waals surface area contributed by atoms with E-state index in [2.05, 4.69) is 0 Å². The van der Waals surface area contributed by atoms with Crippen LogP contribution in [0.4, 0.5) is 0 Å². The molecule has 2 aromatic carbocycles. The number of rotatable bonds is 7. The van der Waals surface area contributed by atoms with E-state index in [4.69, 9.17) is 21.7 Å². The van der Waals surface area contributed by atoms with Gasteiger partial charge >= 0.3 is 5.97 Å². The largest absolute Gasteiger partial charge is 0.493 e. The third kappa shape index (κ3) is 4.60. The lowest BCUT2D eigenvalue weighted by atomic mass is 10.0. The van der Waals surface area contributed by atoms with Crippen molar-refractivity contribution in [1.29, 1.82) is 0 Å². The van der Waals surface area contributed by atoms with Gasteiger partial charge in [-0.25, -0.2) is 4.79 Å². The normalized spacial score (nSPS) is 16.2. The van der Waals surface area contributed by atoms with Crippen molar-refractivity contribution in [2.24, 2.45) is 0 Å². The number of methoxy groups -OCH3 is 2. The number of aliphatic carboxylic acids is 1. The fourth-order valence-electron chi connectivity index (χ4n) is 2.97. The minimum atomic E-state index is -1.10. The second-order valence-corrected chi connectivity index (χ2v) is 7.89. The summed E-state index contributed by atoms with van der Waals surface area (Å²) in [5.74, 6) is -0.411. The van der Waals surface area contributed by atoms with Crippen molar-refractivity contribution in [3.05, 3.63) is 64.6 Å². The van der Waals surface area contributed by atoms with Crippen LogP contribution in [0.1, 0.15) is 11.1 Å². The Balaban J connectivity index is 1.88. The summed E-state index contributed by atoms with van der Waals surface area (Å²) in [5, 5.41) is 9.72. The van der Waals surface area contributed by atoms with E-state index >= 15 is 0 Å². The van der Waals surface area contributed by atoms with Gasteiger partial charge in [-0.05, 0) is 29.3 Å². The maximum absolute atomic E-state index is 13.0. The van der Waals surface area contributed by atoms with Gasteiger partial charge in [0.15, 0.2) is 11.5 Å². The molecule has 1 aliphatic heterocycles. The van der Waals surface area contributed by atoms with Gasteiger partial charge in [0.25, 0.3) is 5.91 Å². The smallest absolute Gasteiger partial charge is 0.327 e. The standard InChI is InChI=1S/C21H19NO5S2/c1-26-16-9-8-14(11-17(16)27-2)12-18-19(23)22(21(28)29-18)15(20(24)25)10-13-6-4-3-5-7-13/h3-9,11-12,15H,10H2,1-2H3,(H,24,25)/b18-12+. The summed E-state index contributed by atoms with van der Waals surface area (Å²) in [7, 11) is 3.07. The number of thioether (sulfide) groups is 1. The molecule has 1 atom stereocenters. The van der Waals surface area contributed by atoms with E-state index in [1.807, 2.05) is 30.3 Å². The van der Waals surface area contributed by atoms with Crippen LogP contribution < -0.4 is 9.47 Å². The molecule has 1 aliphatic rings. The van der Waals surface area contributed by atoms with Gasteiger partial charge < -0.3 is 14.6 Å². The third-order valence-corrected chi connectivity index (χ3v) is 5.73. The number of ether oxygens (including phenoxy) is 2. The minimum Gasteiger partial charge on any atom is -0.493 e. The van der Waals surface area contributed by atoms with Crippen LogP contribution in [0.25, 0.3) is 6.08 Å². The number of carbonyl (C=O) groups is 2. The second kappa shape index (κ2) is 9.11. The average molecular weight is 430 g/mol. The molecule has 1 unspecified atom stereocenters. The second-order valence-electron chi connectivity index (χ2n) is 6.21. The Morgan fingerprint density at radius 2 is 1.86 bits per heavy atom. The highest BCUT2D eigenvalue weighted by atomic mass is 32.2. The first-order chi connectivity index (χ1) is 13.9. The molecule has 0 aromatic heterocycles. The molecule has 0 aliphatic carbocycles. The molecule has 8 heteroatoms. The van der Waals surface area contributed by atoms with Crippen LogP contribution in [0.3, 0.4) is 0 Å². The summed E-state index contributed by atoms with van der Waals surface area (Å²) in [6.45, 7) is 0. The quantitative estimate of drug-likeness (QED) is 0.532. The number of benzene rings is 2. The van der Waals surface area contributed by atoms with Crippen LogP contribution in [0.5, 0.6) is 11.5 Å². The van der Waals surface area contributed by atoms with Gasteiger partial charge in [-0.1, -0.05) is 60.4 Å². The van der Waals surface area contributed by atoms with E-state index in [9.17, 15) is 14.7 Å². The lowest BCUT2D eigenvalue weighted by Gasteiger charge is -2.23. The van der Waals surface area contributed by atoms with Crippen LogP contribution >= 0.6 is 24.0 Å². The summed E-state index contributed by atoms with van der Waals surface area (Å²) >= 11 is 6.42. The summed E-state index contributed by atoms with van der Waals surface area (Å²) < 4.78 is 10.7. The van der Waals surface area contributed by atoms with Crippen molar-refractivity contribution in [3.63, 3.8) is 0 Å². The highest BCUT2D eigenvalue weighted by molar-refractivity contribution is 8.26. The average Bonchev–Trinajstić information content (AvgIpc) is 2.99. The van der Waals surface area contributed by atoms with Crippen LogP contribution in [-0.4, -0.2) is 46.5 Å². The molecule has 1 N–H and O–H groups in total. The Morgan fingerprint density at radius 1 is 1.17 bits per heavy atom. The highest BCUT2D eigenvalue weighted by Crippen LogP contribution is 2.36. The molecule has 2 aromatic rings. The monoisotopic (exact) mass is 429 g/mol. The van der Waals surface area contributed by atoms with Gasteiger partial charge in [0.2, 0.25) is 0 Å². The fourth-order valence-corrected chi connectivity index (χ4v) is 4.33. The molecular formula is C21H19NO5S2. The van der Waals surface area contributed by atoms with Crippen LogP contribution in [0.2, 0.25) is 0 Å². The molecule has 0 spiro atoms. The number of thiocarbonyl (C=S) groups is 1. The van der Waals surface area contributed by atoms with Crippen LogP contribution in [0, 0.1) is 0 Å². The van der Waals surface area contributed by atoms with Gasteiger partial charge in [0.05, 0.1) is 19.1 Å². The first kappa shape index (κ1) is 20.9. The predicted molar refractivity (Wildman–Crippen MR) is 116 cm³/mol. The van der Waals surface area contributed by atoms with E-state index in [0.717, 1.165) is 22.9 Å². The number of carboxylic acid groups (broad SMARTS) is 1. The first-order valence-electron chi connectivity index (χ1n) is 8.70.